The molecule has 0 aliphatic heterocycles. The SMILES string of the molecule is COC(=O)C(NC(=O)OC(C)(C)C)C(C)(C)c1ccc(Br)cc1. The fraction of sp³-hybridized carbons (Fsp3) is 0.529. The van der Waals surface area contributed by atoms with Gasteiger partial charge in [-0.3, -0.25) is 0 Å². The average Bonchev–Trinajstić information content (AvgIpc) is 2.42. The molecule has 1 atom stereocenters. The van der Waals surface area contributed by atoms with Crippen LogP contribution in [0.25, 0.3) is 0 Å². The molecule has 1 aromatic carbocycles. The van der Waals surface area contributed by atoms with Crippen LogP contribution < -0.4 is 5.32 Å². The van der Waals surface area contributed by atoms with E-state index < -0.39 is 29.1 Å². The van der Waals surface area contributed by atoms with Gasteiger partial charge in [0.2, 0.25) is 0 Å². The summed E-state index contributed by atoms with van der Waals surface area (Å²) in [6.45, 7) is 9.03. The Kier molecular flexibility index (Phi) is 6.22. The highest BCUT2D eigenvalue weighted by Gasteiger charge is 2.39. The number of hydrogen-bond acceptors (Lipinski definition) is 4. The van der Waals surface area contributed by atoms with Crippen molar-refractivity contribution in [2.45, 2.75) is 51.7 Å². The molecule has 0 saturated heterocycles. The van der Waals surface area contributed by atoms with Crippen LogP contribution in [0, 0.1) is 0 Å². The zero-order chi connectivity index (χ0) is 17.8. The molecule has 0 saturated carbocycles. The van der Waals surface area contributed by atoms with E-state index in [0.717, 1.165) is 10.0 Å². The summed E-state index contributed by atoms with van der Waals surface area (Å²) in [5.74, 6) is -0.524. The molecule has 6 heteroatoms. The van der Waals surface area contributed by atoms with Gasteiger partial charge < -0.3 is 14.8 Å². The van der Waals surface area contributed by atoms with Gasteiger partial charge in [-0.25, -0.2) is 9.59 Å². The predicted molar refractivity (Wildman–Crippen MR) is 92.3 cm³/mol. The molecule has 1 aromatic rings. The number of methoxy groups -OCH3 is 1. The summed E-state index contributed by atoms with van der Waals surface area (Å²) in [5, 5.41) is 2.63. The normalized spacial score (nSPS) is 13.2. The third-order valence-electron chi connectivity index (χ3n) is 3.41. The lowest BCUT2D eigenvalue weighted by molar-refractivity contribution is -0.144. The van der Waals surface area contributed by atoms with Crippen LogP contribution in [-0.4, -0.2) is 30.8 Å². The van der Waals surface area contributed by atoms with Crippen molar-refractivity contribution >= 4 is 28.0 Å². The second kappa shape index (κ2) is 7.34. The van der Waals surface area contributed by atoms with Crippen molar-refractivity contribution in [1.82, 2.24) is 5.32 Å². The lowest BCUT2D eigenvalue weighted by Crippen LogP contribution is -2.53. The maximum absolute atomic E-state index is 12.2. The second-order valence-electron chi connectivity index (χ2n) is 6.83. The largest absolute Gasteiger partial charge is 0.467 e. The van der Waals surface area contributed by atoms with Crippen molar-refractivity contribution in [2.24, 2.45) is 0 Å². The molecule has 0 fully saturated rings. The number of carbonyl (C=O) groups is 2. The number of amides is 1. The van der Waals surface area contributed by atoms with Gasteiger partial charge in [-0.15, -0.1) is 0 Å². The number of nitrogens with one attached hydrogen (secondary N) is 1. The maximum Gasteiger partial charge on any atom is 0.408 e. The number of halogens is 1. The molecule has 1 unspecified atom stereocenters. The molecular formula is C17H24BrNO4. The van der Waals surface area contributed by atoms with Crippen LogP contribution in [0.2, 0.25) is 0 Å². The third-order valence-corrected chi connectivity index (χ3v) is 3.94. The van der Waals surface area contributed by atoms with Crippen LogP contribution in [0.3, 0.4) is 0 Å². The summed E-state index contributed by atoms with van der Waals surface area (Å²) in [6, 6.07) is 6.70. The van der Waals surface area contributed by atoms with E-state index in [1.54, 1.807) is 20.8 Å². The van der Waals surface area contributed by atoms with E-state index in [9.17, 15) is 9.59 Å². The zero-order valence-electron chi connectivity index (χ0n) is 14.4. The smallest absolute Gasteiger partial charge is 0.408 e. The monoisotopic (exact) mass is 385 g/mol. The minimum atomic E-state index is -0.872. The summed E-state index contributed by atoms with van der Waals surface area (Å²) in [7, 11) is 1.30. The van der Waals surface area contributed by atoms with E-state index in [-0.39, 0.29) is 0 Å². The topological polar surface area (TPSA) is 64.6 Å². The van der Waals surface area contributed by atoms with E-state index in [2.05, 4.69) is 21.2 Å². The predicted octanol–water partition coefficient (Wildman–Crippen LogP) is 3.79. The molecule has 1 N–H and O–H groups in total. The fourth-order valence-corrected chi connectivity index (χ4v) is 2.39. The Balaban J connectivity index is 3.07. The molecule has 0 aliphatic rings. The Labute approximate surface area is 145 Å². The number of ether oxygens (including phenoxy) is 2. The van der Waals surface area contributed by atoms with Gasteiger partial charge in [-0.2, -0.15) is 0 Å². The lowest BCUT2D eigenvalue weighted by Gasteiger charge is -2.34. The Morgan fingerprint density at radius 3 is 2.04 bits per heavy atom. The Hall–Kier alpha value is -1.56. The minimum Gasteiger partial charge on any atom is -0.467 e. The van der Waals surface area contributed by atoms with Crippen LogP contribution in [0.4, 0.5) is 4.79 Å². The molecule has 5 nitrogen and oxygen atoms in total. The van der Waals surface area contributed by atoms with Gasteiger partial charge in [0.25, 0.3) is 0 Å². The van der Waals surface area contributed by atoms with Gasteiger partial charge in [-0.05, 0) is 38.5 Å². The first kappa shape index (κ1) is 19.5. The van der Waals surface area contributed by atoms with Crippen LogP contribution >= 0.6 is 15.9 Å². The van der Waals surface area contributed by atoms with E-state index >= 15 is 0 Å². The molecule has 0 bridgehead atoms. The van der Waals surface area contributed by atoms with Crippen molar-refractivity contribution < 1.29 is 19.1 Å². The zero-order valence-corrected chi connectivity index (χ0v) is 16.0. The van der Waals surface area contributed by atoms with Crippen molar-refractivity contribution in [2.75, 3.05) is 7.11 Å². The van der Waals surface area contributed by atoms with Gasteiger partial charge in [-0.1, -0.05) is 41.9 Å². The van der Waals surface area contributed by atoms with Crippen molar-refractivity contribution in [3.63, 3.8) is 0 Å². The van der Waals surface area contributed by atoms with E-state index in [1.165, 1.54) is 7.11 Å². The Morgan fingerprint density at radius 1 is 1.09 bits per heavy atom. The van der Waals surface area contributed by atoms with E-state index in [4.69, 9.17) is 9.47 Å². The number of esters is 1. The number of carbonyl (C=O) groups excluding carboxylic acids is 2. The molecule has 0 heterocycles. The van der Waals surface area contributed by atoms with Crippen molar-refractivity contribution in [3.05, 3.63) is 34.3 Å². The summed E-state index contributed by atoms with van der Waals surface area (Å²) >= 11 is 3.38. The van der Waals surface area contributed by atoms with Crippen LogP contribution in [-0.2, 0) is 19.7 Å². The van der Waals surface area contributed by atoms with E-state index in [1.807, 2.05) is 38.1 Å². The molecule has 0 aromatic heterocycles. The first-order valence-electron chi connectivity index (χ1n) is 7.31. The van der Waals surface area contributed by atoms with Crippen molar-refractivity contribution in [3.8, 4) is 0 Å². The highest BCUT2D eigenvalue weighted by atomic mass is 79.9. The van der Waals surface area contributed by atoms with E-state index in [0.29, 0.717) is 0 Å². The molecule has 128 valence electrons. The van der Waals surface area contributed by atoms with Crippen LogP contribution in [0.1, 0.15) is 40.2 Å². The molecule has 0 radical (unpaired) electrons. The van der Waals surface area contributed by atoms with Crippen molar-refractivity contribution in [1.29, 1.82) is 0 Å². The molecule has 23 heavy (non-hydrogen) atoms. The summed E-state index contributed by atoms with van der Waals surface area (Å²) < 4.78 is 11.0. The number of hydrogen-bond donors (Lipinski definition) is 1. The van der Waals surface area contributed by atoms with Gasteiger partial charge in [0.1, 0.15) is 11.6 Å². The molecule has 0 spiro atoms. The average molecular weight is 386 g/mol. The van der Waals surface area contributed by atoms with Crippen LogP contribution in [0.15, 0.2) is 28.7 Å². The number of rotatable bonds is 4. The third kappa shape index (κ3) is 5.53. The standard InChI is InChI=1S/C17H24BrNO4/c1-16(2,3)23-15(21)19-13(14(20)22-6)17(4,5)11-7-9-12(18)10-8-11/h7-10,13H,1-6H3,(H,19,21). The minimum absolute atomic E-state index is 0.524. The first-order valence-corrected chi connectivity index (χ1v) is 8.10. The van der Waals surface area contributed by atoms with Gasteiger partial charge >= 0.3 is 12.1 Å². The quantitative estimate of drug-likeness (QED) is 0.800. The summed E-state index contributed by atoms with van der Waals surface area (Å²) in [5.41, 5.74) is -0.427. The first-order chi connectivity index (χ1) is 10.5. The highest BCUT2D eigenvalue weighted by Crippen LogP contribution is 2.29. The summed E-state index contributed by atoms with van der Waals surface area (Å²) in [6.07, 6.45) is -0.655. The fourth-order valence-electron chi connectivity index (χ4n) is 2.12. The maximum atomic E-state index is 12.2. The second-order valence-corrected chi connectivity index (χ2v) is 7.75. The highest BCUT2D eigenvalue weighted by molar-refractivity contribution is 9.10. The molecular weight excluding hydrogens is 362 g/mol. The number of alkyl carbamates (subject to hydrolysis) is 1. The molecule has 1 amide bonds. The van der Waals surface area contributed by atoms with Gasteiger partial charge in [0.05, 0.1) is 7.11 Å². The lowest BCUT2D eigenvalue weighted by atomic mass is 9.77. The Morgan fingerprint density at radius 2 is 1.61 bits per heavy atom. The molecule has 0 aliphatic carbocycles. The summed E-state index contributed by atoms with van der Waals surface area (Å²) in [4.78, 5) is 24.3. The number of benzene rings is 1. The van der Waals surface area contributed by atoms with Crippen LogP contribution in [0.5, 0.6) is 0 Å². The Bertz CT molecular complexity index is 561. The van der Waals surface area contributed by atoms with Gasteiger partial charge in [0.15, 0.2) is 0 Å². The molecule has 1 rings (SSSR count). The van der Waals surface area contributed by atoms with Gasteiger partial charge in [0, 0.05) is 9.89 Å².